The maximum atomic E-state index is 13.5. The van der Waals surface area contributed by atoms with Crippen LogP contribution in [0.25, 0.3) is 22.6 Å². The van der Waals surface area contributed by atoms with Crippen molar-refractivity contribution in [3.63, 3.8) is 0 Å². The zero-order chi connectivity index (χ0) is 22.8. The molecule has 4 aromatic rings. The van der Waals surface area contributed by atoms with Crippen molar-refractivity contribution in [1.29, 1.82) is 0 Å². The van der Waals surface area contributed by atoms with Crippen molar-refractivity contribution in [2.75, 3.05) is 18.8 Å². The van der Waals surface area contributed by atoms with E-state index in [4.69, 9.17) is 10.7 Å². The minimum atomic E-state index is -0.280. The number of imidazole rings is 1. The third-order valence-corrected chi connectivity index (χ3v) is 6.02. The fraction of sp³-hybridized carbons (Fsp3) is 0.292. The predicted molar refractivity (Wildman–Crippen MR) is 123 cm³/mol. The lowest BCUT2D eigenvalue weighted by Gasteiger charge is -2.33. The molecule has 0 aliphatic carbocycles. The molecule has 3 aromatic heterocycles. The first-order valence-electron chi connectivity index (χ1n) is 11.0. The van der Waals surface area contributed by atoms with E-state index in [-0.39, 0.29) is 17.8 Å². The van der Waals surface area contributed by atoms with Gasteiger partial charge in [-0.15, -0.1) is 0 Å². The van der Waals surface area contributed by atoms with Crippen molar-refractivity contribution in [2.45, 2.75) is 32.4 Å². The van der Waals surface area contributed by atoms with Crippen molar-refractivity contribution in [3.05, 3.63) is 72.5 Å². The molecule has 1 saturated heterocycles. The number of benzene rings is 1. The van der Waals surface area contributed by atoms with Crippen LogP contribution >= 0.6 is 0 Å². The summed E-state index contributed by atoms with van der Waals surface area (Å²) in [4.78, 5) is 24.2. The van der Waals surface area contributed by atoms with E-state index in [9.17, 15) is 4.39 Å². The largest absolute Gasteiger partial charge is 0.368 e. The molecule has 8 nitrogen and oxygen atoms in total. The summed E-state index contributed by atoms with van der Waals surface area (Å²) in [5.41, 5.74) is 10.2. The Bertz CT molecular complexity index is 1230. The van der Waals surface area contributed by atoms with Crippen LogP contribution in [-0.4, -0.2) is 47.5 Å². The topological polar surface area (TPSA) is 98.6 Å². The first-order valence-corrected chi connectivity index (χ1v) is 11.0. The predicted octanol–water partition coefficient (Wildman–Crippen LogP) is 3.66. The Morgan fingerprint density at radius 2 is 1.73 bits per heavy atom. The third kappa shape index (κ3) is 4.58. The van der Waals surface area contributed by atoms with Gasteiger partial charge < -0.3 is 10.3 Å². The fourth-order valence-corrected chi connectivity index (χ4v) is 4.33. The van der Waals surface area contributed by atoms with Gasteiger partial charge in [0.2, 0.25) is 5.95 Å². The molecule has 1 aliphatic heterocycles. The van der Waals surface area contributed by atoms with Crippen LogP contribution < -0.4 is 5.73 Å². The van der Waals surface area contributed by atoms with Gasteiger partial charge >= 0.3 is 0 Å². The van der Waals surface area contributed by atoms with Crippen LogP contribution in [0.4, 0.5) is 10.3 Å². The zero-order valence-electron chi connectivity index (χ0n) is 18.4. The number of anilines is 1. The molecule has 0 spiro atoms. The summed E-state index contributed by atoms with van der Waals surface area (Å²) >= 11 is 0. The molecule has 4 heterocycles. The Morgan fingerprint density at radius 1 is 1.00 bits per heavy atom. The molecule has 1 aliphatic rings. The van der Waals surface area contributed by atoms with E-state index in [0.29, 0.717) is 5.69 Å². The number of likely N-dealkylation sites (tertiary alicyclic amines) is 1. The highest BCUT2D eigenvalue weighted by Crippen LogP contribution is 2.35. The van der Waals surface area contributed by atoms with E-state index >= 15 is 0 Å². The molecule has 0 atom stereocenters. The first-order chi connectivity index (χ1) is 16.1. The molecule has 0 amide bonds. The molecule has 2 N–H and O–H groups in total. The van der Waals surface area contributed by atoms with Crippen LogP contribution in [0.5, 0.6) is 0 Å². The highest BCUT2D eigenvalue weighted by molar-refractivity contribution is 5.77. The summed E-state index contributed by atoms with van der Waals surface area (Å²) in [5.74, 6) is 0.713. The number of hydrogen-bond acceptors (Lipinski definition) is 7. The van der Waals surface area contributed by atoms with E-state index in [1.54, 1.807) is 18.3 Å². The fourth-order valence-electron chi connectivity index (χ4n) is 4.33. The SMILES string of the molecule is Cc1ncc(CN2CCC(n3cnc(-c4ccc(F)cc4)c3-c3ccnc(N)n3)CC2)cn1. The second-order valence-electron chi connectivity index (χ2n) is 8.30. The van der Waals surface area contributed by atoms with Crippen LogP contribution in [-0.2, 0) is 6.54 Å². The van der Waals surface area contributed by atoms with Gasteiger partial charge in [-0.2, -0.15) is 0 Å². The molecule has 1 fully saturated rings. The minimum Gasteiger partial charge on any atom is -0.368 e. The van der Waals surface area contributed by atoms with Gasteiger partial charge in [0.15, 0.2) is 0 Å². The Hall–Kier alpha value is -3.72. The number of halogens is 1. The lowest BCUT2D eigenvalue weighted by Crippen LogP contribution is -2.34. The van der Waals surface area contributed by atoms with Gasteiger partial charge in [0.25, 0.3) is 0 Å². The smallest absolute Gasteiger partial charge is 0.220 e. The first kappa shape index (κ1) is 21.1. The second kappa shape index (κ2) is 9.03. The van der Waals surface area contributed by atoms with Gasteiger partial charge in [0.1, 0.15) is 11.6 Å². The van der Waals surface area contributed by atoms with Crippen molar-refractivity contribution < 1.29 is 4.39 Å². The number of nitrogens with zero attached hydrogens (tertiary/aromatic N) is 7. The molecular formula is C24H25FN8. The van der Waals surface area contributed by atoms with E-state index in [0.717, 1.165) is 60.8 Å². The Balaban J connectivity index is 1.41. The number of rotatable bonds is 5. The summed E-state index contributed by atoms with van der Waals surface area (Å²) in [6.45, 7) is 4.64. The standard InChI is InChI=1S/C24H25FN8/c1-16-28-12-17(13-29-16)14-32-10-7-20(8-11-32)33-15-30-22(18-2-4-19(25)5-3-18)23(33)21-6-9-27-24(26)31-21/h2-6,9,12-13,15,20H,7-8,10-11,14H2,1H3,(H2,26,27,31). The molecule has 0 saturated carbocycles. The molecule has 5 rings (SSSR count). The Kier molecular flexibility index (Phi) is 5.78. The van der Waals surface area contributed by atoms with Crippen molar-refractivity contribution in [2.24, 2.45) is 0 Å². The Morgan fingerprint density at radius 3 is 2.42 bits per heavy atom. The average Bonchev–Trinajstić information content (AvgIpc) is 3.27. The van der Waals surface area contributed by atoms with Crippen LogP contribution in [0.2, 0.25) is 0 Å². The van der Waals surface area contributed by atoms with Gasteiger partial charge in [-0.25, -0.2) is 29.3 Å². The molecule has 1 aromatic carbocycles. The lowest BCUT2D eigenvalue weighted by molar-refractivity contribution is 0.180. The molecule has 0 bridgehead atoms. The average molecular weight is 445 g/mol. The highest BCUT2D eigenvalue weighted by Gasteiger charge is 2.26. The molecule has 0 unspecified atom stereocenters. The van der Waals surface area contributed by atoms with Gasteiger partial charge in [0.05, 0.1) is 23.4 Å². The molecule has 9 heteroatoms. The van der Waals surface area contributed by atoms with Crippen LogP contribution in [0, 0.1) is 12.7 Å². The molecule has 0 radical (unpaired) electrons. The zero-order valence-corrected chi connectivity index (χ0v) is 18.4. The number of aromatic nitrogens is 6. The number of aryl methyl sites for hydroxylation is 1. The van der Waals surface area contributed by atoms with Crippen LogP contribution in [0.15, 0.2) is 55.2 Å². The maximum absolute atomic E-state index is 13.5. The molecular weight excluding hydrogens is 419 g/mol. The summed E-state index contributed by atoms with van der Waals surface area (Å²) in [6.07, 6.45) is 9.25. The van der Waals surface area contributed by atoms with Crippen molar-refractivity contribution in [1.82, 2.24) is 34.4 Å². The summed E-state index contributed by atoms with van der Waals surface area (Å²) in [6, 6.07) is 8.47. The summed E-state index contributed by atoms with van der Waals surface area (Å²) in [7, 11) is 0. The monoisotopic (exact) mass is 444 g/mol. The maximum Gasteiger partial charge on any atom is 0.220 e. The van der Waals surface area contributed by atoms with E-state index < -0.39 is 0 Å². The van der Waals surface area contributed by atoms with E-state index in [2.05, 4.69) is 29.4 Å². The molecule has 168 valence electrons. The number of nitrogens with two attached hydrogens (primary N) is 1. The van der Waals surface area contributed by atoms with Crippen LogP contribution in [0.1, 0.15) is 30.3 Å². The number of piperidine rings is 1. The van der Waals surface area contributed by atoms with Crippen LogP contribution in [0.3, 0.4) is 0 Å². The van der Waals surface area contributed by atoms with Gasteiger partial charge in [-0.1, -0.05) is 0 Å². The molecule has 33 heavy (non-hydrogen) atoms. The second-order valence-corrected chi connectivity index (χ2v) is 8.30. The van der Waals surface area contributed by atoms with Gasteiger partial charge in [-0.3, -0.25) is 4.90 Å². The van der Waals surface area contributed by atoms with E-state index in [1.165, 1.54) is 12.1 Å². The third-order valence-electron chi connectivity index (χ3n) is 6.02. The van der Waals surface area contributed by atoms with Gasteiger partial charge in [-0.05, 0) is 50.1 Å². The Labute approximate surface area is 191 Å². The number of hydrogen-bond donors (Lipinski definition) is 1. The lowest BCUT2D eigenvalue weighted by atomic mass is 10.0. The van der Waals surface area contributed by atoms with Gasteiger partial charge in [0, 0.05) is 55.4 Å². The van der Waals surface area contributed by atoms with E-state index in [1.807, 2.05) is 31.7 Å². The minimum absolute atomic E-state index is 0.209. The van der Waals surface area contributed by atoms with Crippen molar-refractivity contribution >= 4 is 5.95 Å². The summed E-state index contributed by atoms with van der Waals surface area (Å²) in [5, 5.41) is 0. The summed E-state index contributed by atoms with van der Waals surface area (Å²) < 4.78 is 15.7. The highest BCUT2D eigenvalue weighted by atomic mass is 19.1. The number of nitrogen functional groups attached to an aromatic ring is 1. The normalized spacial score (nSPS) is 15.1. The quantitative estimate of drug-likeness (QED) is 0.501. The van der Waals surface area contributed by atoms with Crippen molar-refractivity contribution in [3.8, 4) is 22.6 Å².